The van der Waals surface area contributed by atoms with Crippen molar-refractivity contribution < 1.29 is 9.47 Å². The highest BCUT2D eigenvalue weighted by atomic mass is 16.5. The normalized spacial score (nSPS) is 23.1. The average Bonchev–Trinajstić information content (AvgIpc) is 2.57. The molecule has 1 aromatic rings. The minimum Gasteiger partial charge on any atom is -0.497 e. The predicted molar refractivity (Wildman–Crippen MR) is 67.1 cm³/mol. The van der Waals surface area contributed by atoms with Crippen LogP contribution < -0.4 is 19.7 Å². The molecule has 1 unspecified atom stereocenters. The number of nitrogens with one attached hydrogen (secondary N) is 1. The fraction of sp³-hybridized carbons (Fsp3) is 0.538. The van der Waals surface area contributed by atoms with Gasteiger partial charge in [0, 0.05) is 38.2 Å². The maximum absolute atomic E-state index is 5.83. The minimum atomic E-state index is 0.554. The van der Waals surface area contributed by atoms with Gasteiger partial charge in [-0.2, -0.15) is 0 Å². The summed E-state index contributed by atoms with van der Waals surface area (Å²) in [5, 5.41) is 3.44. The second-order valence-corrected chi connectivity index (χ2v) is 4.52. The molecule has 0 amide bonds. The minimum absolute atomic E-state index is 0.554. The number of nitrogens with zero attached hydrogens (tertiary/aromatic N) is 1. The fourth-order valence-corrected chi connectivity index (χ4v) is 2.62. The van der Waals surface area contributed by atoms with Crippen LogP contribution in [0.3, 0.4) is 0 Å². The molecule has 17 heavy (non-hydrogen) atoms. The topological polar surface area (TPSA) is 33.7 Å². The van der Waals surface area contributed by atoms with Crippen molar-refractivity contribution in [3.8, 4) is 11.5 Å². The zero-order valence-corrected chi connectivity index (χ0v) is 10.1. The van der Waals surface area contributed by atoms with Gasteiger partial charge in [-0.15, -0.1) is 0 Å². The number of anilines is 1. The summed E-state index contributed by atoms with van der Waals surface area (Å²) in [6, 6.07) is 6.66. The summed E-state index contributed by atoms with van der Waals surface area (Å²) >= 11 is 0. The van der Waals surface area contributed by atoms with Gasteiger partial charge in [0.15, 0.2) is 0 Å². The maximum Gasteiger partial charge on any atom is 0.146 e. The molecule has 4 nitrogen and oxygen atoms in total. The molecule has 1 fully saturated rings. The maximum atomic E-state index is 5.83. The first-order valence-corrected chi connectivity index (χ1v) is 6.16. The van der Waals surface area contributed by atoms with Crippen molar-refractivity contribution in [2.24, 2.45) is 0 Å². The lowest BCUT2D eigenvalue weighted by atomic mass is 10.1. The number of rotatable bonds is 1. The van der Waals surface area contributed by atoms with Gasteiger partial charge in [0.1, 0.15) is 11.5 Å². The number of hydrogen-bond acceptors (Lipinski definition) is 4. The summed E-state index contributed by atoms with van der Waals surface area (Å²) < 4.78 is 11.1. The van der Waals surface area contributed by atoms with Crippen LogP contribution in [-0.2, 0) is 0 Å². The van der Waals surface area contributed by atoms with Gasteiger partial charge in [-0.3, -0.25) is 0 Å². The van der Waals surface area contributed by atoms with Crippen molar-refractivity contribution in [3.63, 3.8) is 0 Å². The molecule has 0 radical (unpaired) electrons. The summed E-state index contributed by atoms with van der Waals surface area (Å²) in [7, 11) is 1.69. The third-order valence-corrected chi connectivity index (χ3v) is 3.54. The molecule has 92 valence electrons. The molecule has 3 rings (SSSR count). The van der Waals surface area contributed by atoms with E-state index in [9.17, 15) is 0 Å². The van der Waals surface area contributed by atoms with E-state index in [1.54, 1.807) is 7.11 Å². The first kappa shape index (κ1) is 10.7. The van der Waals surface area contributed by atoms with Crippen molar-refractivity contribution in [1.29, 1.82) is 0 Å². The van der Waals surface area contributed by atoms with E-state index in [1.165, 1.54) is 5.69 Å². The van der Waals surface area contributed by atoms with Crippen molar-refractivity contribution in [3.05, 3.63) is 18.2 Å². The van der Waals surface area contributed by atoms with Gasteiger partial charge in [0.2, 0.25) is 0 Å². The Morgan fingerprint density at radius 3 is 3.29 bits per heavy atom. The van der Waals surface area contributed by atoms with E-state index in [2.05, 4.69) is 16.3 Å². The third kappa shape index (κ3) is 1.93. The van der Waals surface area contributed by atoms with E-state index in [0.29, 0.717) is 6.04 Å². The number of piperazine rings is 1. The highest BCUT2D eigenvalue weighted by Gasteiger charge is 2.27. The zero-order chi connectivity index (χ0) is 11.7. The van der Waals surface area contributed by atoms with E-state index in [-0.39, 0.29) is 0 Å². The monoisotopic (exact) mass is 234 g/mol. The van der Waals surface area contributed by atoms with Crippen LogP contribution in [0.15, 0.2) is 18.2 Å². The molecule has 2 heterocycles. The van der Waals surface area contributed by atoms with Crippen LogP contribution in [0.2, 0.25) is 0 Å². The number of methoxy groups -OCH3 is 1. The molecule has 1 aromatic carbocycles. The van der Waals surface area contributed by atoms with Gasteiger partial charge in [0.25, 0.3) is 0 Å². The Hall–Kier alpha value is -1.42. The summed E-state index contributed by atoms with van der Waals surface area (Å²) in [6.07, 6.45) is 1.07. The summed E-state index contributed by atoms with van der Waals surface area (Å²) in [5.41, 5.74) is 1.20. The van der Waals surface area contributed by atoms with Crippen LogP contribution in [0.25, 0.3) is 0 Å². The van der Waals surface area contributed by atoms with E-state index in [1.807, 2.05) is 12.1 Å². The molecule has 0 bridgehead atoms. The van der Waals surface area contributed by atoms with Gasteiger partial charge in [0.05, 0.1) is 19.4 Å². The zero-order valence-electron chi connectivity index (χ0n) is 10.1. The van der Waals surface area contributed by atoms with Gasteiger partial charge < -0.3 is 19.7 Å². The van der Waals surface area contributed by atoms with E-state index in [4.69, 9.17) is 9.47 Å². The van der Waals surface area contributed by atoms with E-state index in [0.717, 1.165) is 44.2 Å². The predicted octanol–water partition coefficient (Wildman–Crippen LogP) is 1.26. The first-order chi connectivity index (χ1) is 8.38. The smallest absolute Gasteiger partial charge is 0.146 e. The molecule has 1 saturated heterocycles. The Labute approximate surface area is 102 Å². The highest BCUT2D eigenvalue weighted by Crippen LogP contribution is 2.36. The Morgan fingerprint density at radius 2 is 2.41 bits per heavy atom. The molecular weight excluding hydrogens is 216 g/mol. The summed E-state index contributed by atoms with van der Waals surface area (Å²) in [4.78, 5) is 2.46. The fourth-order valence-electron chi connectivity index (χ4n) is 2.62. The molecule has 2 aliphatic rings. The van der Waals surface area contributed by atoms with Crippen LogP contribution in [0.4, 0.5) is 5.69 Å². The number of fused-ring (bicyclic) bond motifs is 3. The van der Waals surface area contributed by atoms with Crippen molar-refractivity contribution in [2.75, 3.05) is 38.3 Å². The van der Waals surface area contributed by atoms with Crippen LogP contribution in [0, 0.1) is 0 Å². The van der Waals surface area contributed by atoms with Crippen LogP contribution in [0.1, 0.15) is 6.42 Å². The lowest BCUT2D eigenvalue weighted by molar-refractivity contribution is 0.302. The molecular formula is C13H18N2O2. The number of ether oxygens (including phenoxy) is 2. The van der Waals surface area contributed by atoms with E-state index >= 15 is 0 Å². The highest BCUT2D eigenvalue weighted by molar-refractivity contribution is 5.62. The molecule has 0 spiro atoms. The third-order valence-electron chi connectivity index (χ3n) is 3.54. The lowest BCUT2D eigenvalue weighted by Gasteiger charge is -2.36. The van der Waals surface area contributed by atoms with Crippen LogP contribution in [0.5, 0.6) is 11.5 Å². The Bertz CT molecular complexity index is 408. The molecule has 1 atom stereocenters. The van der Waals surface area contributed by atoms with E-state index < -0.39 is 0 Å². The quantitative estimate of drug-likeness (QED) is 0.793. The van der Waals surface area contributed by atoms with Crippen molar-refractivity contribution >= 4 is 5.69 Å². The second kappa shape index (κ2) is 4.45. The Kier molecular flexibility index (Phi) is 2.81. The molecule has 0 saturated carbocycles. The Morgan fingerprint density at radius 1 is 1.47 bits per heavy atom. The lowest BCUT2D eigenvalue weighted by Crippen LogP contribution is -2.51. The second-order valence-electron chi connectivity index (χ2n) is 4.52. The molecule has 2 aliphatic heterocycles. The molecule has 4 heteroatoms. The molecule has 0 aromatic heterocycles. The summed E-state index contributed by atoms with van der Waals surface area (Å²) in [5.74, 6) is 1.81. The van der Waals surface area contributed by atoms with Crippen molar-refractivity contribution in [2.45, 2.75) is 12.5 Å². The van der Waals surface area contributed by atoms with Crippen LogP contribution in [-0.4, -0.2) is 39.4 Å². The van der Waals surface area contributed by atoms with Crippen molar-refractivity contribution in [1.82, 2.24) is 5.32 Å². The molecule has 0 aliphatic carbocycles. The van der Waals surface area contributed by atoms with Gasteiger partial charge >= 0.3 is 0 Å². The largest absolute Gasteiger partial charge is 0.497 e. The van der Waals surface area contributed by atoms with Crippen LogP contribution >= 0.6 is 0 Å². The molecule has 1 N–H and O–H groups in total. The summed E-state index contributed by atoms with van der Waals surface area (Å²) in [6.45, 7) is 3.92. The van der Waals surface area contributed by atoms with Gasteiger partial charge in [-0.05, 0) is 12.1 Å². The Balaban J connectivity index is 1.97. The first-order valence-electron chi connectivity index (χ1n) is 6.16. The van der Waals surface area contributed by atoms with Gasteiger partial charge in [-0.1, -0.05) is 0 Å². The standard InChI is InChI=1S/C13H18N2O2/c1-16-11-2-3-12-13(8-11)17-7-4-10-9-14-5-6-15(10)12/h2-3,8,10,14H,4-7,9H2,1H3. The number of benzene rings is 1. The average molecular weight is 234 g/mol. The number of hydrogen-bond donors (Lipinski definition) is 1. The van der Waals surface area contributed by atoms with Gasteiger partial charge in [-0.25, -0.2) is 0 Å². The SMILES string of the molecule is COc1ccc2c(c1)OCCC1CNCCN21.